The molecule has 0 aliphatic carbocycles. The highest BCUT2D eigenvalue weighted by Crippen LogP contribution is 2.00. The van der Waals surface area contributed by atoms with E-state index in [0.29, 0.717) is 12.3 Å². The first-order valence-electron chi connectivity index (χ1n) is 5.27. The molecule has 92 valence electrons. The molecule has 17 heavy (non-hydrogen) atoms. The average Bonchev–Trinajstić information content (AvgIpc) is 2.37. The van der Waals surface area contributed by atoms with Gasteiger partial charge in [0, 0.05) is 6.54 Å². The van der Waals surface area contributed by atoms with Crippen LogP contribution in [-0.2, 0) is 21.0 Å². The minimum Gasteiger partial charge on any atom is -0.365 e. The highest BCUT2D eigenvalue weighted by Gasteiger charge is 2.03. The number of benzene rings is 1. The van der Waals surface area contributed by atoms with Crippen LogP contribution in [0, 0.1) is 0 Å². The Bertz CT molecular complexity index is 377. The smallest absolute Gasteiger partial charge is 0.360 e. The molecule has 5 nitrogen and oxygen atoms in total. The number of rotatable bonds is 6. The van der Waals surface area contributed by atoms with E-state index in [1.54, 1.807) is 6.92 Å². The van der Waals surface area contributed by atoms with Crippen LogP contribution in [0.1, 0.15) is 12.5 Å². The highest BCUT2D eigenvalue weighted by molar-refractivity contribution is 5.84. The summed E-state index contributed by atoms with van der Waals surface area (Å²) in [5.74, 6) is -0.534. The summed E-state index contributed by atoms with van der Waals surface area (Å²) in [6.07, 6.45) is 0. The SMILES string of the molecule is C/C(CN)=N/OC(=O)COCc1ccccc1. The lowest BCUT2D eigenvalue weighted by molar-refractivity contribution is -0.149. The fourth-order valence-corrected chi connectivity index (χ4v) is 1.02. The Labute approximate surface area is 100 Å². The summed E-state index contributed by atoms with van der Waals surface area (Å²) < 4.78 is 5.17. The Morgan fingerprint density at radius 1 is 1.35 bits per heavy atom. The van der Waals surface area contributed by atoms with Gasteiger partial charge in [-0.2, -0.15) is 0 Å². The van der Waals surface area contributed by atoms with Gasteiger partial charge in [0.25, 0.3) is 0 Å². The molecule has 0 saturated heterocycles. The summed E-state index contributed by atoms with van der Waals surface area (Å²) in [5, 5.41) is 3.53. The predicted octanol–water partition coefficient (Wildman–Crippen LogP) is 1.08. The van der Waals surface area contributed by atoms with Crippen molar-refractivity contribution in [2.45, 2.75) is 13.5 Å². The van der Waals surface area contributed by atoms with E-state index < -0.39 is 5.97 Å². The number of nitrogens with two attached hydrogens (primary N) is 1. The summed E-state index contributed by atoms with van der Waals surface area (Å²) >= 11 is 0. The predicted molar refractivity (Wildman–Crippen MR) is 64.4 cm³/mol. The minimum absolute atomic E-state index is 0.129. The van der Waals surface area contributed by atoms with Gasteiger partial charge in [0.15, 0.2) is 0 Å². The van der Waals surface area contributed by atoms with E-state index in [0.717, 1.165) is 5.56 Å². The molecule has 0 aliphatic heterocycles. The molecule has 1 aromatic carbocycles. The van der Waals surface area contributed by atoms with Crippen molar-refractivity contribution in [1.29, 1.82) is 0 Å². The van der Waals surface area contributed by atoms with Crippen molar-refractivity contribution in [3.05, 3.63) is 35.9 Å². The number of carbonyl (C=O) groups is 1. The molecule has 0 atom stereocenters. The molecular weight excluding hydrogens is 220 g/mol. The minimum atomic E-state index is -0.534. The number of carbonyl (C=O) groups excluding carboxylic acids is 1. The van der Waals surface area contributed by atoms with Gasteiger partial charge in [0.2, 0.25) is 0 Å². The quantitative estimate of drug-likeness (QED) is 0.455. The molecule has 0 aliphatic rings. The van der Waals surface area contributed by atoms with E-state index in [1.165, 1.54) is 0 Å². The number of oxime groups is 1. The first kappa shape index (κ1) is 13.3. The third-order valence-electron chi connectivity index (χ3n) is 1.93. The number of hydrogen-bond donors (Lipinski definition) is 1. The molecule has 1 rings (SSSR count). The van der Waals surface area contributed by atoms with E-state index in [9.17, 15) is 4.79 Å². The first-order chi connectivity index (χ1) is 8.22. The van der Waals surface area contributed by atoms with Gasteiger partial charge in [-0.15, -0.1) is 0 Å². The summed E-state index contributed by atoms with van der Waals surface area (Å²) in [5.41, 5.74) is 6.84. The molecule has 0 amide bonds. The van der Waals surface area contributed by atoms with Crippen LogP contribution in [0.5, 0.6) is 0 Å². The van der Waals surface area contributed by atoms with Crippen molar-refractivity contribution in [3.8, 4) is 0 Å². The maximum absolute atomic E-state index is 11.2. The fourth-order valence-electron chi connectivity index (χ4n) is 1.02. The third-order valence-corrected chi connectivity index (χ3v) is 1.93. The van der Waals surface area contributed by atoms with Crippen LogP contribution in [-0.4, -0.2) is 24.8 Å². The third kappa shape index (κ3) is 5.79. The Balaban J connectivity index is 2.21. The topological polar surface area (TPSA) is 73.9 Å². The van der Waals surface area contributed by atoms with Crippen molar-refractivity contribution < 1.29 is 14.4 Å². The van der Waals surface area contributed by atoms with Crippen molar-refractivity contribution >= 4 is 11.7 Å². The highest BCUT2D eigenvalue weighted by atomic mass is 16.7. The maximum Gasteiger partial charge on any atom is 0.360 e. The molecule has 0 unspecified atom stereocenters. The molecule has 0 saturated carbocycles. The van der Waals surface area contributed by atoms with Gasteiger partial charge in [-0.3, -0.25) is 0 Å². The first-order valence-corrected chi connectivity index (χ1v) is 5.27. The normalized spacial score (nSPS) is 11.3. The lowest BCUT2D eigenvalue weighted by atomic mass is 10.2. The molecule has 0 fully saturated rings. The summed E-state index contributed by atoms with van der Waals surface area (Å²) in [7, 11) is 0. The Hall–Kier alpha value is -1.72. The van der Waals surface area contributed by atoms with Gasteiger partial charge >= 0.3 is 5.97 Å². The lowest BCUT2D eigenvalue weighted by Crippen LogP contribution is -2.14. The molecule has 5 heteroatoms. The zero-order valence-corrected chi connectivity index (χ0v) is 9.76. The second-order valence-electron chi connectivity index (χ2n) is 3.47. The molecule has 0 bridgehead atoms. The molecule has 0 heterocycles. The van der Waals surface area contributed by atoms with Crippen LogP contribution in [0.15, 0.2) is 35.5 Å². The van der Waals surface area contributed by atoms with Gasteiger partial charge in [-0.1, -0.05) is 35.5 Å². The molecule has 1 aromatic rings. The van der Waals surface area contributed by atoms with E-state index in [1.807, 2.05) is 30.3 Å². The molecule has 0 aromatic heterocycles. The van der Waals surface area contributed by atoms with Crippen molar-refractivity contribution in [1.82, 2.24) is 0 Å². The largest absolute Gasteiger partial charge is 0.365 e. The van der Waals surface area contributed by atoms with E-state index in [2.05, 4.69) is 9.99 Å². The Kier molecular flexibility index (Phi) is 5.92. The zero-order valence-electron chi connectivity index (χ0n) is 9.76. The average molecular weight is 236 g/mol. The van der Waals surface area contributed by atoms with E-state index in [-0.39, 0.29) is 13.2 Å². The van der Waals surface area contributed by atoms with Crippen LogP contribution in [0.25, 0.3) is 0 Å². The van der Waals surface area contributed by atoms with E-state index in [4.69, 9.17) is 10.5 Å². The van der Waals surface area contributed by atoms with E-state index >= 15 is 0 Å². The van der Waals surface area contributed by atoms with Crippen LogP contribution in [0.4, 0.5) is 0 Å². The van der Waals surface area contributed by atoms with Crippen LogP contribution in [0.2, 0.25) is 0 Å². The Morgan fingerprint density at radius 3 is 2.71 bits per heavy atom. The van der Waals surface area contributed by atoms with Crippen LogP contribution < -0.4 is 5.73 Å². The second-order valence-corrected chi connectivity index (χ2v) is 3.47. The number of nitrogens with zero attached hydrogens (tertiary/aromatic N) is 1. The van der Waals surface area contributed by atoms with Gasteiger partial charge in [-0.25, -0.2) is 4.79 Å². The molecule has 2 N–H and O–H groups in total. The summed E-state index contributed by atoms with van der Waals surface area (Å²) in [4.78, 5) is 15.7. The van der Waals surface area contributed by atoms with Crippen molar-refractivity contribution in [2.24, 2.45) is 10.9 Å². The van der Waals surface area contributed by atoms with Gasteiger partial charge in [0.1, 0.15) is 6.61 Å². The van der Waals surface area contributed by atoms with Crippen LogP contribution in [0.3, 0.4) is 0 Å². The maximum atomic E-state index is 11.2. The molecule has 0 spiro atoms. The van der Waals surface area contributed by atoms with Gasteiger partial charge in [0.05, 0.1) is 12.3 Å². The van der Waals surface area contributed by atoms with Gasteiger partial charge < -0.3 is 15.3 Å². The standard InChI is InChI=1S/C12H16N2O3/c1-10(7-13)14-17-12(15)9-16-8-11-5-3-2-4-6-11/h2-6H,7-9,13H2,1H3/b14-10-. The summed E-state index contributed by atoms with van der Waals surface area (Å²) in [6, 6.07) is 9.57. The summed E-state index contributed by atoms with van der Waals surface area (Å²) in [6.45, 7) is 2.18. The number of hydrogen-bond acceptors (Lipinski definition) is 5. The monoisotopic (exact) mass is 236 g/mol. The van der Waals surface area contributed by atoms with Crippen LogP contribution >= 0.6 is 0 Å². The second kappa shape index (κ2) is 7.54. The van der Waals surface area contributed by atoms with Crippen molar-refractivity contribution in [2.75, 3.05) is 13.2 Å². The number of ether oxygens (including phenoxy) is 1. The fraction of sp³-hybridized carbons (Fsp3) is 0.333. The Morgan fingerprint density at radius 2 is 2.06 bits per heavy atom. The zero-order chi connectivity index (χ0) is 12.5. The van der Waals surface area contributed by atoms with Crippen molar-refractivity contribution in [3.63, 3.8) is 0 Å². The van der Waals surface area contributed by atoms with Gasteiger partial charge in [-0.05, 0) is 12.5 Å². The molecule has 0 radical (unpaired) electrons. The molecular formula is C12H16N2O3. The lowest BCUT2D eigenvalue weighted by Gasteiger charge is -2.02.